The highest BCUT2D eigenvalue weighted by atomic mass is 16.3. The molecule has 6 aromatic carbocycles. The second kappa shape index (κ2) is 7.62. The molecule has 0 aliphatic heterocycles. The summed E-state index contributed by atoms with van der Waals surface area (Å²) in [7, 11) is 0. The second-order valence-electron chi connectivity index (χ2n) is 9.37. The Morgan fingerprint density at radius 1 is 0.564 bits per heavy atom. The van der Waals surface area contributed by atoms with E-state index in [1.165, 1.54) is 0 Å². The largest absolute Gasteiger partial charge is 0.456 e. The van der Waals surface area contributed by atoms with Gasteiger partial charge in [-0.1, -0.05) is 84.8 Å². The molecule has 0 aliphatic carbocycles. The maximum atomic E-state index is 9.18. The van der Waals surface area contributed by atoms with E-state index in [1.54, 1.807) is 10.6 Å². The van der Waals surface area contributed by atoms with Crippen LogP contribution in [0.2, 0.25) is 0 Å². The summed E-state index contributed by atoms with van der Waals surface area (Å²) in [6.45, 7) is 0. The van der Waals surface area contributed by atoms with Crippen molar-refractivity contribution in [1.29, 1.82) is 0 Å². The normalized spacial score (nSPS) is 15.7. The SMILES string of the molecule is [2H]c1c([2H])c([2H])c2c(oc3c2c([2H])c([2H])c2c4c([2H])c([2H])c([2H])c([2H])c4n(-c4cccc(-c5cccc6oc7ccccc7c56)c4)c32)c1[2H]. The Labute approximate surface area is 237 Å². The van der Waals surface area contributed by atoms with E-state index in [-0.39, 0.29) is 61.9 Å². The Kier molecular flexibility index (Phi) is 2.64. The van der Waals surface area contributed by atoms with E-state index in [0.717, 1.165) is 27.5 Å². The Hall–Kier alpha value is -5.28. The molecule has 3 nitrogen and oxygen atoms in total. The van der Waals surface area contributed by atoms with Gasteiger partial charge in [-0.2, -0.15) is 0 Å². The van der Waals surface area contributed by atoms with Gasteiger partial charge >= 0.3 is 0 Å². The number of furan rings is 2. The molecule has 0 atom stereocenters. The molecule has 0 saturated heterocycles. The molecule has 0 amide bonds. The number of fused-ring (bicyclic) bond motifs is 10. The Morgan fingerprint density at radius 3 is 2.33 bits per heavy atom. The van der Waals surface area contributed by atoms with Crippen LogP contribution in [-0.2, 0) is 0 Å². The zero-order valence-corrected chi connectivity index (χ0v) is 20.1. The minimum absolute atomic E-state index is 0.00963. The third-order valence-corrected chi connectivity index (χ3v) is 7.28. The van der Waals surface area contributed by atoms with Crippen LogP contribution in [0, 0.1) is 0 Å². The van der Waals surface area contributed by atoms with E-state index in [1.807, 2.05) is 60.7 Å². The molecule has 182 valence electrons. The molecule has 0 radical (unpaired) electrons. The average Bonchev–Trinajstić information content (AvgIpc) is 3.81. The van der Waals surface area contributed by atoms with Gasteiger partial charge in [0.25, 0.3) is 0 Å². The van der Waals surface area contributed by atoms with Crippen LogP contribution in [0.15, 0.2) is 136 Å². The van der Waals surface area contributed by atoms with Crippen molar-refractivity contribution in [3.63, 3.8) is 0 Å². The summed E-state index contributed by atoms with van der Waals surface area (Å²) in [6, 6.07) is 16.5. The number of hydrogen-bond donors (Lipinski definition) is 0. The number of aromatic nitrogens is 1. The Balaban J connectivity index is 1.49. The monoisotopic (exact) mass is 509 g/mol. The van der Waals surface area contributed by atoms with Crippen molar-refractivity contribution in [2.45, 2.75) is 0 Å². The predicted octanol–water partition coefficient (Wildman–Crippen LogP) is 10.2. The maximum absolute atomic E-state index is 9.18. The van der Waals surface area contributed by atoms with Crippen molar-refractivity contribution in [3.05, 3.63) is 127 Å². The molecule has 3 aromatic heterocycles. The highest BCUT2D eigenvalue weighted by Crippen LogP contribution is 2.41. The number of benzene rings is 6. The van der Waals surface area contributed by atoms with Gasteiger partial charge in [-0.25, -0.2) is 0 Å². The molecule has 0 bridgehead atoms. The fraction of sp³-hybridized carbons (Fsp3) is 0. The fourth-order valence-electron chi connectivity index (χ4n) is 5.65. The van der Waals surface area contributed by atoms with Crippen molar-refractivity contribution in [2.75, 3.05) is 0 Å². The third kappa shape index (κ3) is 2.82. The van der Waals surface area contributed by atoms with Gasteiger partial charge in [0.2, 0.25) is 0 Å². The van der Waals surface area contributed by atoms with E-state index in [0.29, 0.717) is 11.3 Å². The number of hydrogen-bond acceptors (Lipinski definition) is 2. The van der Waals surface area contributed by atoms with Crippen LogP contribution in [-0.4, -0.2) is 4.57 Å². The lowest BCUT2D eigenvalue weighted by Gasteiger charge is -2.11. The zero-order valence-electron chi connectivity index (χ0n) is 30.1. The van der Waals surface area contributed by atoms with E-state index in [4.69, 9.17) is 21.2 Å². The van der Waals surface area contributed by atoms with Crippen LogP contribution in [0.5, 0.6) is 0 Å². The first-order valence-corrected chi connectivity index (χ1v) is 12.4. The molecule has 3 heterocycles. The molecule has 3 heteroatoms. The van der Waals surface area contributed by atoms with Gasteiger partial charge in [-0.05, 0) is 53.5 Å². The molecule has 0 saturated carbocycles. The van der Waals surface area contributed by atoms with Crippen LogP contribution >= 0.6 is 0 Å². The lowest BCUT2D eigenvalue weighted by atomic mass is 9.99. The summed E-state index contributed by atoms with van der Waals surface area (Å²) in [5.74, 6) is 0. The van der Waals surface area contributed by atoms with Crippen LogP contribution in [0.1, 0.15) is 13.7 Å². The molecule has 0 spiro atoms. The van der Waals surface area contributed by atoms with Gasteiger partial charge in [0.15, 0.2) is 5.58 Å². The van der Waals surface area contributed by atoms with E-state index >= 15 is 0 Å². The van der Waals surface area contributed by atoms with Gasteiger partial charge < -0.3 is 13.4 Å². The standard InChI is InChI=1S/C36H21NO2/c1-4-15-30-25(11-1)27-19-20-28-26-12-2-5-16-31(26)39-36(28)35(27)37(30)23-10-7-9-22(21-23)24-14-8-18-33-34(24)29-13-3-6-17-32(29)38-33/h1-21H/i1D,2D,4D,5D,11D,12D,15D,16D,19D,20D. The summed E-state index contributed by atoms with van der Waals surface area (Å²) in [5.41, 5.74) is 3.51. The number of para-hydroxylation sites is 3. The van der Waals surface area contributed by atoms with E-state index < -0.39 is 42.3 Å². The van der Waals surface area contributed by atoms with Crippen LogP contribution < -0.4 is 0 Å². The summed E-state index contributed by atoms with van der Waals surface area (Å²) in [6.07, 6.45) is 0. The molecular formula is C36H21NO2. The Bertz CT molecular complexity index is 2960. The van der Waals surface area contributed by atoms with Crippen molar-refractivity contribution in [1.82, 2.24) is 4.57 Å². The molecular weight excluding hydrogens is 478 g/mol. The summed E-state index contributed by atoms with van der Waals surface area (Å²) in [5, 5.41) is 1.83. The summed E-state index contributed by atoms with van der Waals surface area (Å²) >= 11 is 0. The maximum Gasteiger partial charge on any atom is 0.160 e. The average molecular weight is 510 g/mol. The highest BCUT2D eigenvalue weighted by molar-refractivity contribution is 6.21. The van der Waals surface area contributed by atoms with Gasteiger partial charge in [-0.15, -0.1) is 0 Å². The second-order valence-corrected chi connectivity index (χ2v) is 9.37. The smallest absolute Gasteiger partial charge is 0.160 e. The van der Waals surface area contributed by atoms with Gasteiger partial charge in [0, 0.05) is 38.0 Å². The van der Waals surface area contributed by atoms with Gasteiger partial charge in [0.1, 0.15) is 16.7 Å². The topological polar surface area (TPSA) is 31.2 Å². The predicted molar refractivity (Wildman–Crippen MR) is 161 cm³/mol. The van der Waals surface area contributed by atoms with Gasteiger partial charge in [0.05, 0.1) is 24.7 Å². The van der Waals surface area contributed by atoms with Crippen molar-refractivity contribution in [2.24, 2.45) is 0 Å². The number of nitrogens with zero attached hydrogens (tertiary/aromatic N) is 1. The lowest BCUT2D eigenvalue weighted by Crippen LogP contribution is -1.94. The first kappa shape index (κ1) is 13.5. The third-order valence-electron chi connectivity index (χ3n) is 7.28. The quantitative estimate of drug-likeness (QED) is 0.232. The minimum atomic E-state index is -0.515. The van der Waals surface area contributed by atoms with Gasteiger partial charge in [-0.3, -0.25) is 0 Å². The molecule has 0 unspecified atom stereocenters. The first-order chi connectivity index (χ1) is 23.5. The molecule has 0 fully saturated rings. The van der Waals surface area contributed by atoms with Crippen molar-refractivity contribution in [3.8, 4) is 16.8 Å². The lowest BCUT2D eigenvalue weighted by molar-refractivity contribution is 0.669. The van der Waals surface area contributed by atoms with E-state index in [9.17, 15) is 1.37 Å². The molecule has 9 aromatic rings. The fourth-order valence-corrected chi connectivity index (χ4v) is 5.65. The van der Waals surface area contributed by atoms with Crippen molar-refractivity contribution < 1.29 is 22.5 Å². The molecule has 9 rings (SSSR count). The zero-order chi connectivity index (χ0) is 34.2. The molecule has 0 aliphatic rings. The number of rotatable bonds is 2. The van der Waals surface area contributed by atoms with Crippen molar-refractivity contribution >= 4 is 65.7 Å². The Morgan fingerprint density at radius 2 is 1.36 bits per heavy atom. The molecule has 39 heavy (non-hydrogen) atoms. The first-order valence-electron chi connectivity index (χ1n) is 17.4. The molecule has 0 N–H and O–H groups in total. The summed E-state index contributed by atoms with van der Waals surface area (Å²) < 4.78 is 101. The highest BCUT2D eigenvalue weighted by Gasteiger charge is 2.19. The van der Waals surface area contributed by atoms with E-state index in [2.05, 4.69) is 0 Å². The minimum Gasteiger partial charge on any atom is -0.456 e. The van der Waals surface area contributed by atoms with Crippen LogP contribution in [0.3, 0.4) is 0 Å². The van der Waals surface area contributed by atoms with Crippen LogP contribution in [0.4, 0.5) is 0 Å². The van der Waals surface area contributed by atoms with Crippen LogP contribution in [0.25, 0.3) is 82.5 Å². The summed E-state index contributed by atoms with van der Waals surface area (Å²) in [4.78, 5) is 0.